The van der Waals surface area contributed by atoms with E-state index in [2.05, 4.69) is 52.9 Å². The van der Waals surface area contributed by atoms with Crippen LogP contribution in [0.3, 0.4) is 0 Å². The van der Waals surface area contributed by atoms with Crippen molar-refractivity contribution in [1.29, 1.82) is 0 Å². The topological polar surface area (TPSA) is 82.0 Å². The zero-order valence-electron chi connectivity index (χ0n) is 24.8. The maximum absolute atomic E-state index is 13.4. The first-order chi connectivity index (χ1) is 20.5. The van der Waals surface area contributed by atoms with E-state index < -0.39 is 0 Å². The largest absolute Gasteiger partial charge is 0.496 e. The number of fused-ring (bicyclic) bond motifs is 3. The zero-order valence-corrected chi connectivity index (χ0v) is 24.8. The van der Waals surface area contributed by atoms with Gasteiger partial charge in [-0.1, -0.05) is 6.07 Å². The van der Waals surface area contributed by atoms with Crippen LogP contribution in [0.5, 0.6) is 5.75 Å². The van der Waals surface area contributed by atoms with Gasteiger partial charge in [0.1, 0.15) is 11.3 Å². The Labute approximate surface area is 246 Å². The van der Waals surface area contributed by atoms with Crippen molar-refractivity contribution in [2.24, 2.45) is 5.92 Å². The van der Waals surface area contributed by atoms with Gasteiger partial charge in [-0.2, -0.15) is 0 Å². The Bertz CT molecular complexity index is 1680. The zero-order chi connectivity index (χ0) is 28.5. The normalized spacial score (nSPS) is 22.4. The molecule has 8 nitrogen and oxygen atoms in total. The Balaban J connectivity index is 1.18. The van der Waals surface area contributed by atoms with Gasteiger partial charge in [0.05, 0.1) is 36.0 Å². The van der Waals surface area contributed by atoms with Crippen LogP contribution in [0.25, 0.3) is 33.3 Å². The number of nitrogens with one attached hydrogen (secondary N) is 1. The van der Waals surface area contributed by atoms with E-state index in [9.17, 15) is 4.79 Å². The summed E-state index contributed by atoms with van der Waals surface area (Å²) in [6.45, 7) is 8.79. The Morgan fingerprint density at radius 1 is 1.05 bits per heavy atom. The monoisotopic (exact) mass is 568 g/mol. The van der Waals surface area contributed by atoms with Crippen molar-refractivity contribution in [3.05, 3.63) is 47.5 Å². The van der Waals surface area contributed by atoms with Crippen molar-refractivity contribution >= 4 is 33.5 Å². The summed E-state index contributed by atoms with van der Waals surface area (Å²) in [5.74, 6) is 2.28. The van der Waals surface area contributed by atoms with Gasteiger partial charge in [0, 0.05) is 61.0 Å². The molecule has 2 atom stereocenters. The highest BCUT2D eigenvalue weighted by molar-refractivity contribution is 6.02. The molecule has 0 bridgehead atoms. The fourth-order valence-electron chi connectivity index (χ4n) is 7.29. The molecule has 0 radical (unpaired) electrons. The summed E-state index contributed by atoms with van der Waals surface area (Å²) in [5.41, 5.74) is 5.99. The molecule has 220 valence electrons. The lowest BCUT2D eigenvalue weighted by molar-refractivity contribution is 0.0459. The standard InChI is InChI=1S/C34H40N4O4/c1-4-41-25-9-12-36(13-10-25)24-8-7-22-15-28(38(27(22)18-24)19-21-5-6-21)32-20(2)31-29(40-3)16-23(17-30(31)42-32)34(39)37-14-11-26-33(37)35-26/h7-8,15-18,21,25-26,33,35H,4-6,9-14,19H2,1-3H3. The number of piperidine rings is 1. The number of furan rings is 1. The third kappa shape index (κ3) is 4.38. The first-order valence-electron chi connectivity index (χ1n) is 15.7. The van der Waals surface area contributed by atoms with Gasteiger partial charge in [-0.15, -0.1) is 0 Å². The van der Waals surface area contributed by atoms with Gasteiger partial charge in [0.25, 0.3) is 5.91 Å². The lowest BCUT2D eigenvalue weighted by Crippen LogP contribution is -2.37. The summed E-state index contributed by atoms with van der Waals surface area (Å²) in [7, 11) is 1.67. The molecule has 42 heavy (non-hydrogen) atoms. The number of likely N-dealkylation sites (tertiary alicyclic amines) is 1. The first kappa shape index (κ1) is 26.2. The van der Waals surface area contributed by atoms with E-state index in [1.54, 1.807) is 7.11 Å². The second-order valence-corrected chi connectivity index (χ2v) is 12.6. The van der Waals surface area contributed by atoms with E-state index >= 15 is 0 Å². The summed E-state index contributed by atoms with van der Waals surface area (Å²) in [6, 6.07) is 13.4. The van der Waals surface area contributed by atoms with Gasteiger partial charge in [-0.3, -0.25) is 10.1 Å². The van der Waals surface area contributed by atoms with E-state index in [0.29, 0.717) is 35.0 Å². The van der Waals surface area contributed by atoms with Crippen LogP contribution in [0, 0.1) is 12.8 Å². The maximum atomic E-state index is 13.4. The number of aromatic nitrogens is 1. The molecule has 4 aliphatic rings. The molecule has 3 saturated heterocycles. The highest BCUT2D eigenvalue weighted by atomic mass is 16.5. The Hall–Kier alpha value is -3.49. The molecule has 1 saturated carbocycles. The summed E-state index contributed by atoms with van der Waals surface area (Å²) < 4.78 is 20.9. The van der Waals surface area contributed by atoms with Crippen LogP contribution in [0.4, 0.5) is 5.69 Å². The Kier molecular flexibility index (Phi) is 6.26. The molecule has 8 heteroatoms. The molecule has 4 fully saturated rings. The van der Waals surface area contributed by atoms with Gasteiger partial charge >= 0.3 is 0 Å². The fourth-order valence-corrected chi connectivity index (χ4v) is 7.29. The highest BCUT2D eigenvalue weighted by Crippen LogP contribution is 2.43. The number of anilines is 1. The minimum Gasteiger partial charge on any atom is -0.496 e. The average Bonchev–Trinajstić information content (AvgIpc) is 3.89. The number of ether oxygens (including phenoxy) is 2. The van der Waals surface area contributed by atoms with Crippen LogP contribution < -0.4 is 15.0 Å². The molecule has 8 rings (SSSR count). The van der Waals surface area contributed by atoms with Crippen LogP contribution in [0.2, 0.25) is 0 Å². The number of rotatable bonds is 8. The van der Waals surface area contributed by atoms with Gasteiger partial charge in [-0.25, -0.2) is 0 Å². The third-order valence-corrected chi connectivity index (χ3v) is 9.86. The molecular formula is C34H40N4O4. The van der Waals surface area contributed by atoms with Crippen molar-refractivity contribution in [3.8, 4) is 17.2 Å². The Morgan fingerprint density at radius 2 is 1.88 bits per heavy atom. The predicted octanol–water partition coefficient (Wildman–Crippen LogP) is 5.93. The lowest BCUT2D eigenvalue weighted by Gasteiger charge is -2.33. The number of amides is 1. The van der Waals surface area contributed by atoms with Crippen LogP contribution in [-0.2, 0) is 11.3 Å². The molecule has 2 aromatic heterocycles. The van der Waals surface area contributed by atoms with Crippen molar-refractivity contribution in [2.45, 2.75) is 70.8 Å². The van der Waals surface area contributed by atoms with Crippen LogP contribution in [0.15, 0.2) is 40.8 Å². The van der Waals surface area contributed by atoms with Gasteiger partial charge in [-0.05, 0) is 82.2 Å². The average molecular weight is 569 g/mol. The number of nitrogens with zero attached hydrogens (tertiary/aromatic N) is 3. The molecule has 1 aliphatic carbocycles. The fraction of sp³-hybridized carbons (Fsp3) is 0.500. The summed E-state index contributed by atoms with van der Waals surface area (Å²) in [6.07, 6.45) is 6.25. The Morgan fingerprint density at radius 3 is 2.57 bits per heavy atom. The number of aryl methyl sites for hydroxylation is 1. The number of benzene rings is 2. The molecule has 2 aromatic carbocycles. The quantitative estimate of drug-likeness (QED) is 0.265. The molecule has 5 heterocycles. The van der Waals surface area contributed by atoms with Crippen LogP contribution in [0.1, 0.15) is 54.9 Å². The minimum atomic E-state index is 0.0315. The molecule has 4 aromatic rings. The van der Waals surface area contributed by atoms with Crippen LogP contribution in [-0.4, -0.2) is 67.0 Å². The van der Waals surface area contributed by atoms with Crippen molar-refractivity contribution < 1.29 is 18.7 Å². The molecule has 2 unspecified atom stereocenters. The van der Waals surface area contributed by atoms with Crippen molar-refractivity contribution in [1.82, 2.24) is 14.8 Å². The molecule has 1 amide bonds. The van der Waals surface area contributed by atoms with Gasteiger partial charge in [0.2, 0.25) is 0 Å². The second-order valence-electron chi connectivity index (χ2n) is 12.6. The third-order valence-electron chi connectivity index (χ3n) is 9.86. The number of carbonyl (C=O) groups excluding carboxylic acids is 1. The van der Waals surface area contributed by atoms with E-state index in [0.717, 1.165) is 74.5 Å². The van der Waals surface area contributed by atoms with Gasteiger partial charge in [0.15, 0.2) is 5.76 Å². The van der Waals surface area contributed by atoms with E-state index in [1.165, 1.54) is 29.4 Å². The molecule has 0 spiro atoms. The van der Waals surface area contributed by atoms with E-state index in [4.69, 9.17) is 13.9 Å². The maximum Gasteiger partial charge on any atom is 0.255 e. The highest BCUT2D eigenvalue weighted by Gasteiger charge is 2.48. The number of hydrogen-bond donors (Lipinski definition) is 1. The van der Waals surface area contributed by atoms with E-state index in [-0.39, 0.29) is 12.1 Å². The number of hydrogen-bond acceptors (Lipinski definition) is 6. The number of methoxy groups -OCH3 is 1. The van der Waals surface area contributed by atoms with E-state index in [1.807, 2.05) is 17.0 Å². The lowest BCUT2D eigenvalue weighted by atomic mass is 10.1. The predicted molar refractivity (Wildman–Crippen MR) is 164 cm³/mol. The molecular weight excluding hydrogens is 528 g/mol. The van der Waals surface area contributed by atoms with Gasteiger partial charge < -0.3 is 28.3 Å². The number of carbonyl (C=O) groups is 1. The summed E-state index contributed by atoms with van der Waals surface area (Å²) >= 11 is 0. The summed E-state index contributed by atoms with van der Waals surface area (Å²) in [5, 5.41) is 5.54. The molecule has 3 aliphatic heterocycles. The van der Waals surface area contributed by atoms with Crippen LogP contribution >= 0.6 is 0 Å². The molecule has 1 N–H and O–H groups in total. The van der Waals surface area contributed by atoms with Crippen molar-refractivity contribution in [3.63, 3.8) is 0 Å². The summed E-state index contributed by atoms with van der Waals surface area (Å²) in [4.78, 5) is 17.9. The van der Waals surface area contributed by atoms with Crippen molar-refractivity contribution in [2.75, 3.05) is 38.3 Å². The smallest absolute Gasteiger partial charge is 0.255 e. The SMILES string of the molecule is CCOC1CCN(c2ccc3cc(-c4oc5cc(C(=O)N6CCC7NC76)cc(OC)c5c4C)n(CC4CC4)c3c2)CC1. The minimum absolute atomic E-state index is 0.0315. The second kappa shape index (κ2) is 10.1. The first-order valence-corrected chi connectivity index (χ1v) is 15.7.